The van der Waals surface area contributed by atoms with Crippen LogP contribution in [0.25, 0.3) is 0 Å². The molecule has 0 aliphatic carbocycles. The second-order valence-electron chi connectivity index (χ2n) is 5.88. The average molecular weight is 369 g/mol. The van der Waals surface area contributed by atoms with Gasteiger partial charge in [0.25, 0.3) is 0 Å². The van der Waals surface area contributed by atoms with Gasteiger partial charge in [-0.15, -0.1) is 11.6 Å². The highest BCUT2D eigenvalue weighted by molar-refractivity contribution is 6.21. The summed E-state index contributed by atoms with van der Waals surface area (Å²) in [5.74, 6) is -0.251. The Morgan fingerprint density at radius 3 is 2.64 bits per heavy atom. The van der Waals surface area contributed by atoms with Crippen molar-refractivity contribution in [2.75, 3.05) is 7.11 Å². The van der Waals surface area contributed by atoms with E-state index in [2.05, 4.69) is 29.9 Å². The molecule has 0 saturated heterocycles. The number of rotatable bonds is 16. The van der Waals surface area contributed by atoms with E-state index in [1.54, 1.807) is 12.8 Å². The molecule has 0 saturated carbocycles. The maximum Gasteiger partial charge on any atom is 0.305 e. The van der Waals surface area contributed by atoms with E-state index in [-0.39, 0.29) is 5.97 Å². The lowest BCUT2D eigenvalue weighted by Gasteiger charge is -2.15. The van der Waals surface area contributed by atoms with E-state index in [4.69, 9.17) is 11.6 Å². The first kappa shape index (κ1) is 24.2. The first-order chi connectivity index (χ1) is 12.1. The number of alkyl halides is 1. The maximum absolute atomic E-state index is 11.0. The first-order valence-electron chi connectivity index (χ1n) is 9.15. The SMILES string of the molecule is CCCCC/C=C\C/C=C\[CH][CH][CH][CH][C@H](O)[C@H](Cl)CCCC(=O)OC. The lowest BCUT2D eigenvalue weighted by atomic mass is 10.0. The van der Waals surface area contributed by atoms with Gasteiger partial charge in [0.1, 0.15) is 0 Å². The standard InChI is InChI=1S/C21H33ClO3/c1-3-4-5-6-7-8-9-10-11-12-13-14-17-20(23)19(22)16-15-18-21(24)25-2/h7-8,10-14,17,19-20,23H,3-6,9,15-16,18H2,1-2H3/b8-7-,11-10-/t19-,20+/m1/s1. The Labute approximate surface area is 159 Å². The summed E-state index contributed by atoms with van der Waals surface area (Å²) in [5, 5.41) is 9.51. The number of aliphatic hydroxyl groups excluding tert-OH is 1. The van der Waals surface area contributed by atoms with Crippen LogP contribution >= 0.6 is 11.6 Å². The van der Waals surface area contributed by atoms with Gasteiger partial charge in [0, 0.05) is 6.42 Å². The summed E-state index contributed by atoms with van der Waals surface area (Å²) in [6, 6.07) is 0. The highest BCUT2D eigenvalue weighted by Gasteiger charge is 2.16. The van der Waals surface area contributed by atoms with Gasteiger partial charge in [-0.3, -0.25) is 4.79 Å². The van der Waals surface area contributed by atoms with Crippen molar-refractivity contribution >= 4 is 17.6 Å². The maximum atomic E-state index is 11.0. The van der Waals surface area contributed by atoms with Crippen LogP contribution in [0.3, 0.4) is 0 Å². The lowest BCUT2D eigenvalue weighted by molar-refractivity contribution is -0.140. The van der Waals surface area contributed by atoms with Crippen LogP contribution in [0, 0.1) is 25.7 Å². The van der Waals surface area contributed by atoms with E-state index >= 15 is 0 Å². The molecule has 0 amide bonds. The van der Waals surface area contributed by atoms with Crippen molar-refractivity contribution in [2.24, 2.45) is 0 Å². The summed E-state index contributed by atoms with van der Waals surface area (Å²) in [6.07, 6.45) is 22.4. The summed E-state index contributed by atoms with van der Waals surface area (Å²) < 4.78 is 4.56. The van der Waals surface area contributed by atoms with E-state index < -0.39 is 11.5 Å². The molecule has 4 radical (unpaired) electrons. The molecule has 0 unspecified atom stereocenters. The van der Waals surface area contributed by atoms with E-state index in [0.717, 1.165) is 12.8 Å². The fourth-order valence-electron chi connectivity index (χ4n) is 2.10. The van der Waals surface area contributed by atoms with Crippen LogP contribution in [0.4, 0.5) is 0 Å². The van der Waals surface area contributed by atoms with Crippen molar-refractivity contribution in [3.05, 3.63) is 50.0 Å². The lowest BCUT2D eigenvalue weighted by Crippen LogP contribution is -2.22. The van der Waals surface area contributed by atoms with Crippen molar-refractivity contribution in [3.8, 4) is 0 Å². The predicted octanol–water partition coefficient (Wildman–Crippen LogP) is 5.20. The molecule has 0 aliphatic heterocycles. The summed E-state index contributed by atoms with van der Waals surface area (Å²) in [4.78, 5) is 11.0. The molecule has 1 N–H and O–H groups in total. The third-order valence-corrected chi connectivity index (χ3v) is 4.13. The largest absolute Gasteiger partial charge is 0.469 e. The fraction of sp³-hybridized carbons (Fsp3) is 0.571. The number of hydrogen-bond acceptors (Lipinski definition) is 3. The van der Waals surface area contributed by atoms with Gasteiger partial charge in [0.15, 0.2) is 0 Å². The van der Waals surface area contributed by atoms with Crippen LogP contribution in [0.2, 0.25) is 0 Å². The summed E-state index contributed by atoms with van der Waals surface area (Å²) >= 11 is 6.10. The molecule has 142 valence electrons. The van der Waals surface area contributed by atoms with Gasteiger partial charge >= 0.3 is 5.97 Å². The van der Waals surface area contributed by atoms with E-state index in [0.29, 0.717) is 19.3 Å². The van der Waals surface area contributed by atoms with E-state index in [9.17, 15) is 9.90 Å². The van der Waals surface area contributed by atoms with Crippen molar-refractivity contribution in [3.63, 3.8) is 0 Å². The Morgan fingerprint density at radius 1 is 1.12 bits per heavy atom. The van der Waals surface area contributed by atoms with Crippen LogP contribution < -0.4 is 0 Å². The fourth-order valence-corrected chi connectivity index (χ4v) is 2.34. The van der Waals surface area contributed by atoms with Crippen LogP contribution in [0.1, 0.15) is 58.3 Å². The van der Waals surface area contributed by atoms with Crippen molar-refractivity contribution in [1.29, 1.82) is 0 Å². The Balaban J connectivity index is 3.53. The molecule has 3 nitrogen and oxygen atoms in total. The van der Waals surface area contributed by atoms with E-state index in [1.165, 1.54) is 26.4 Å². The molecule has 0 aliphatic rings. The molecule has 0 aromatic heterocycles. The zero-order valence-electron chi connectivity index (χ0n) is 15.6. The van der Waals surface area contributed by atoms with Gasteiger partial charge in [0.05, 0.1) is 18.6 Å². The molecule has 0 rings (SSSR count). The molecule has 2 atom stereocenters. The van der Waals surface area contributed by atoms with Gasteiger partial charge in [-0.2, -0.15) is 0 Å². The molecule has 0 aromatic carbocycles. The third kappa shape index (κ3) is 16.4. The average Bonchev–Trinajstić information content (AvgIpc) is 2.62. The zero-order valence-corrected chi connectivity index (χ0v) is 16.3. The zero-order chi connectivity index (χ0) is 18.8. The molecule has 0 heterocycles. The summed E-state index contributed by atoms with van der Waals surface area (Å²) in [6.45, 7) is 2.21. The monoisotopic (exact) mass is 368 g/mol. The van der Waals surface area contributed by atoms with Crippen LogP contribution in [0.5, 0.6) is 0 Å². The molecule has 0 fully saturated rings. The Hall–Kier alpha value is -0.800. The number of esters is 1. The third-order valence-electron chi connectivity index (χ3n) is 3.65. The second-order valence-corrected chi connectivity index (χ2v) is 6.44. The number of allylic oxidation sites excluding steroid dienone is 4. The van der Waals surface area contributed by atoms with Crippen LogP contribution in [-0.4, -0.2) is 29.7 Å². The highest BCUT2D eigenvalue weighted by atomic mass is 35.5. The normalized spacial score (nSPS) is 14.2. The number of methoxy groups -OCH3 is 1. The minimum atomic E-state index is -0.723. The summed E-state index contributed by atoms with van der Waals surface area (Å²) in [7, 11) is 1.36. The number of hydrogen-bond donors (Lipinski definition) is 1. The summed E-state index contributed by atoms with van der Waals surface area (Å²) in [5.41, 5.74) is 0. The van der Waals surface area contributed by atoms with Gasteiger partial charge in [0.2, 0.25) is 0 Å². The number of carbonyl (C=O) groups is 1. The molecular formula is C21H33ClO3. The molecule has 0 bridgehead atoms. The molecule has 25 heavy (non-hydrogen) atoms. The Morgan fingerprint density at radius 2 is 1.92 bits per heavy atom. The Bertz CT molecular complexity index is 366. The van der Waals surface area contributed by atoms with Gasteiger partial charge in [-0.1, -0.05) is 44.1 Å². The number of carbonyl (C=O) groups excluding carboxylic acids is 1. The number of unbranched alkanes of at least 4 members (excludes halogenated alkanes) is 5. The van der Waals surface area contributed by atoms with Gasteiger partial charge in [-0.25, -0.2) is 0 Å². The topological polar surface area (TPSA) is 46.5 Å². The van der Waals surface area contributed by atoms with Gasteiger partial charge < -0.3 is 9.84 Å². The number of aliphatic hydroxyl groups is 1. The predicted molar refractivity (Wildman–Crippen MR) is 106 cm³/mol. The van der Waals surface area contributed by atoms with Crippen LogP contribution in [-0.2, 0) is 9.53 Å². The minimum absolute atomic E-state index is 0.251. The number of halogens is 1. The minimum Gasteiger partial charge on any atom is -0.469 e. The smallest absolute Gasteiger partial charge is 0.305 e. The Kier molecular flexibility index (Phi) is 17.4. The quantitative estimate of drug-likeness (QED) is 0.176. The molecule has 4 heteroatoms. The first-order valence-corrected chi connectivity index (χ1v) is 9.59. The van der Waals surface area contributed by atoms with Crippen molar-refractivity contribution < 1.29 is 14.6 Å². The van der Waals surface area contributed by atoms with Crippen molar-refractivity contribution in [2.45, 2.75) is 69.8 Å². The van der Waals surface area contributed by atoms with Crippen LogP contribution in [0.15, 0.2) is 24.3 Å². The highest BCUT2D eigenvalue weighted by Crippen LogP contribution is 2.16. The van der Waals surface area contributed by atoms with Gasteiger partial charge in [-0.05, 0) is 57.8 Å². The second kappa shape index (κ2) is 18.0. The number of ether oxygens (including phenoxy) is 1. The molecule has 0 aromatic rings. The molecular weight excluding hydrogens is 336 g/mol. The molecule has 0 spiro atoms. The van der Waals surface area contributed by atoms with E-state index in [1.807, 2.05) is 18.9 Å². The van der Waals surface area contributed by atoms with Crippen molar-refractivity contribution in [1.82, 2.24) is 0 Å².